The zero-order valence-electron chi connectivity index (χ0n) is 29.1. The van der Waals surface area contributed by atoms with Crippen molar-refractivity contribution in [3.63, 3.8) is 0 Å². The fourth-order valence-electron chi connectivity index (χ4n) is 7.57. The van der Waals surface area contributed by atoms with Gasteiger partial charge in [-0.05, 0) is 61.2 Å². The number of benzene rings is 2. The molecular weight excluding hydrogens is 624 g/mol. The molecule has 0 aliphatic heterocycles. The highest BCUT2D eigenvalue weighted by Gasteiger charge is 2.51. The Morgan fingerprint density at radius 2 is 1.28 bits per heavy atom. The second-order valence-electron chi connectivity index (χ2n) is 13.9. The summed E-state index contributed by atoms with van der Waals surface area (Å²) in [6, 6.07) is 15.7. The van der Waals surface area contributed by atoms with Crippen molar-refractivity contribution in [3.8, 4) is 6.07 Å². The predicted octanol–water partition coefficient (Wildman–Crippen LogP) is 11.4. The number of aliphatic hydroxyl groups is 1. The van der Waals surface area contributed by atoms with Crippen LogP contribution in [0.15, 0.2) is 53.4 Å². The van der Waals surface area contributed by atoms with Gasteiger partial charge in [0.15, 0.2) is 0 Å². The molecule has 5 nitrogen and oxygen atoms in total. The molecule has 2 aromatic carbocycles. The molecule has 0 saturated heterocycles. The molecule has 1 N–H and O–H groups in total. The van der Waals surface area contributed by atoms with Crippen LogP contribution >= 0.6 is 11.6 Å². The molecule has 7 heteroatoms. The molecule has 3 rings (SSSR count). The fourth-order valence-corrected chi connectivity index (χ4v) is 9.56. The van der Waals surface area contributed by atoms with E-state index in [1.165, 1.54) is 96.3 Å². The third kappa shape index (κ3) is 12.8. The Bertz CT molecular complexity index is 1280. The SMILES string of the molecule is CCCCCCCCCCCCCCCCCCCCC1(N(Cc2ccc(C#N)cc2)S(=O)(=O)c2ccc(Cl)cc2)CCCC1CO. The lowest BCUT2D eigenvalue weighted by Gasteiger charge is -2.44. The van der Waals surface area contributed by atoms with Crippen LogP contribution in [-0.4, -0.2) is 30.0 Å². The molecular formula is C40H61ClN2O3S. The van der Waals surface area contributed by atoms with Crippen LogP contribution in [0.5, 0.6) is 0 Å². The van der Waals surface area contributed by atoms with Crippen molar-refractivity contribution in [2.45, 2.75) is 165 Å². The molecule has 0 amide bonds. The Labute approximate surface area is 292 Å². The zero-order chi connectivity index (χ0) is 33.8. The van der Waals surface area contributed by atoms with Gasteiger partial charge in [0.2, 0.25) is 10.0 Å². The Balaban J connectivity index is 1.50. The highest BCUT2D eigenvalue weighted by atomic mass is 35.5. The summed E-state index contributed by atoms with van der Waals surface area (Å²) in [6.45, 7) is 2.45. The summed E-state index contributed by atoms with van der Waals surface area (Å²) < 4.78 is 30.4. The van der Waals surface area contributed by atoms with E-state index in [4.69, 9.17) is 11.6 Å². The van der Waals surface area contributed by atoms with Crippen molar-refractivity contribution >= 4 is 21.6 Å². The summed E-state index contributed by atoms with van der Waals surface area (Å²) in [4.78, 5) is 0.219. The van der Waals surface area contributed by atoms with Crippen LogP contribution in [0.2, 0.25) is 5.02 Å². The molecule has 2 atom stereocenters. The largest absolute Gasteiger partial charge is 0.396 e. The second kappa shape index (κ2) is 21.9. The van der Waals surface area contributed by atoms with E-state index in [0.717, 1.165) is 50.5 Å². The highest BCUT2D eigenvalue weighted by Crippen LogP contribution is 2.47. The summed E-state index contributed by atoms with van der Waals surface area (Å²) in [5, 5.41) is 20.3. The van der Waals surface area contributed by atoms with Gasteiger partial charge in [-0.25, -0.2) is 8.42 Å². The maximum Gasteiger partial charge on any atom is 0.243 e. The van der Waals surface area contributed by atoms with Crippen LogP contribution in [0.3, 0.4) is 0 Å². The van der Waals surface area contributed by atoms with E-state index in [1.54, 1.807) is 40.7 Å². The van der Waals surface area contributed by atoms with Gasteiger partial charge in [-0.2, -0.15) is 9.57 Å². The van der Waals surface area contributed by atoms with Gasteiger partial charge in [0.05, 0.1) is 16.5 Å². The Morgan fingerprint density at radius 1 is 0.787 bits per heavy atom. The van der Waals surface area contributed by atoms with Crippen LogP contribution in [0.1, 0.15) is 159 Å². The summed E-state index contributed by atoms with van der Waals surface area (Å²) in [5.41, 5.74) is 0.724. The van der Waals surface area contributed by atoms with Gasteiger partial charge in [0.1, 0.15) is 0 Å². The average Bonchev–Trinajstić information content (AvgIpc) is 3.50. The molecule has 1 aliphatic rings. The van der Waals surface area contributed by atoms with E-state index in [1.807, 2.05) is 12.1 Å². The van der Waals surface area contributed by atoms with E-state index < -0.39 is 15.6 Å². The van der Waals surface area contributed by atoms with Crippen LogP contribution in [0.25, 0.3) is 0 Å². The van der Waals surface area contributed by atoms with Gasteiger partial charge >= 0.3 is 0 Å². The molecule has 0 spiro atoms. The molecule has 1 fully saturated rings. The molecule has 1 saturated carbocycles. The number of hydrogen-bond donors (Lipinski definition) is 1. The maximum atomic E-state index is 14.4. The third-order valence-electron chi connectivity index (χ3n) is 10.4. The number of halogens is 1. The average molecular weight is 685 g/mol. The lowest BCUT2D eigenvalue weighted by molar-refractivity contribution is 0.0702. The first-order valence-corrected chi connectivity index (χ1v) is 20.6. The van der Waals surface area contributed by atoms with Gasteiger partial charge < -0.3 is 5.11 Å². The minimum atomic E-state index is -3.89. The minimum Gasteiger partial charge on any atom is -0.396 e. The number of nitriles is 1. The van der Waals surface area contributed by atoms with Crippen LogP contribution in [-0.2, 0) is 16.6 Å². The monoisotopic (exact) mass is 684 g/mol. The van der Waals surface area contributed by atoms with Gasteiger partial charge in [0, 0.05) is 29.6 Å². The van der Waals surface area contributed by atoms with E-state index in [2.05, 4.69) is 13.0 Å². The number of hydrogen-bond acceptors (Lipinski definition) is 4. The molecule has 0 heterocycles. The van der Waals surface area contributed by atoms with Gasteiger partial charge in [-0.15, -0.1) is 0 Å². The molecule has 0 bridgehead atoms. The molecule has 0 aromatic heterocycles. The van der Waals surface area contributed by atoms with Crippen molar-refractivity contribution in [2.24, 2.45) is 5.92 Å². The quantitative estimate of drug-likeness (QED) is 0.106. The molecule has 47 heavy (non-hydrogen) atoms. The van der Waals surface area contributed by atoms with Crippen molar-refractivity contribution in [2.75, 3.05) is 6.61 Å². The molecule has 2 aromatic rings. The number of unbranched alkanes of at least 4 members (excludes halogenated alkanes) is 17. The standard InChI is InChI=1S/C40H61ClN2O3S/c1-2-3-4-5-6-7-8-9-10-11-12-13-14-15-16-17-18-19-30-40(31-20-21-37(40)34-44)43(33-36-24-22-35(32-42)23-25-36)47(45,46)39-28-26-38(41)27-29-39/h22-29,37,44H,2-21,30-31,33-34H2,1H3. The first-order chi connectivity index (χ1) is 22.9. The zero-order valence-corrected chi connectivity index (χ0v) is 30.7. The van der Waals surface area contributed by atoms with Crippen molar-refractivity contribution < 1.29 is 13.5 Å². The summed E-state index contributed by atoms with van der Waals surface area (Å²) in [7, 11) is -3.89. The Kier molecular flexibility index (Phi) is 18.4. The van der Waals surface area contributed by atoms with E-state index in [-0.39, 0.29) is 24.0 Å². The number of sulfonamides is 1. The van der Waals surface area contributed by atoms with Crippen molar-refractivity contribution in [3.05, 3.63) is 64.7 Å². The Hall–Kier alpha value is -1.91. The van der Waals surface area contributed by atoms with Crippen molar-refractivity contribution in [1.29, 1.82) is 5.26 Å². The summed E-state index contributed by atoms with van der Waals surface area (Å²) >= 11 is 6.12. The van der Waals surface area contributed by atoms with E-state index in [9.17, 15) is 18.8 Å². The highest BCUT2D eigenvalue weighted by molar-refractivity contribution is 7.89. The van der Waals surface area contributed by atoms with Gasteiger partial charge in [-0.1, -0.05) is 153 Å². The Morgan fingerprint density at radius 3 is 1.74 bits per heavy atom. The van der Waals surface area contributed by atoms with Crippen LogP contribution in [0, 0.1) is 17.2 Å². The minimum absolute atomic E-state index is 0.0287. The molecule has 1 aliphatic carbocycles. The first kappa shape index (κ1) is 39.5. The molecule has 0 radical (unpaired) electrons. The fraction of sp³-hybridized carbons (Fsp3) is 0.675. The number of rotatable bonds is 25. The van der Waals surface area contributed by atoms with Crippen LogP contribution < -0.4 is 0 Å². The van der Waals surface area contributed by atoms with Crippen LogP contribution in [0.4, 0.5) is 0 Å². The topological polar surface area (TPSA) is 81.4 Å². The third-order valence-corrected chi connectivity index (χ3v) is 12.6. The number of nitrogens with zero attached hydrogens (tertiary/aromatic N) is 2. The second-order valence-corrected chi connectivity index (χ2v) is 16.2. The maximum absolute atomic E-state index is 14.4. The first-order valence-electron chi connectivity index (χ1n) is 18.8. The predicted molar refractivity (Wildman–Crippen MR) is 196 cm³/mol. The van der Waals surface area contributed by atoms with Crippen molar-refractivity contribution in [1.82, 2.24) is 4.31 Å². The molecule has 2 unspecified atom stereocenters. The lowest BCUT2D eigenvalue weighted by Crippen LogP contribution is -2.54. The van der Waals surface area contributed by atoms with E-state index in [0.29, 0.717) is 10.6 Å². The summed E-state index contributed by atoms with van der Waals surface area (Å²) in [6.07, 6.45) is 26.8. The normalized spacial score (nSPS) is 18.1. The van der Waals surface area contributed by atoms with Gasteiger partial charge in [-0.3, -0.25) is 0 Å². The smallest absolute Gasteiger partial charge is 0.243 e. The van der Waals surface area contributed by atoms with Gasteiger partial charge in [0.25, 0.3) is 0 Å². The lowest BCUT2D eigenvalue weighted by atomic mass is 9.82. The molecule has 262 valence electrons. The summed E-state index contributed by atoms with van der Waals surface area (Å²) in [5.74, 6) is -0.117. The van der Waals surface area contributed by atoms with E-state index >= 15 is 0 Å². The number of aliphatic hydroxyl groups excluding tert-OH is 1.